The van der Waals surface area contributed by atoms with Gasteiger partial charge in [0, 0.05) is 54.6 Å². The second-order valence-electron chi connectivity index (χ2n) is 10.1. The van der Waals surface area contributed by atoms with Gasteiger partial charge in [0.1, 0.15) is 0 Å². The second kappa shape index (κ2) is 11.5. The highest BCUT2D eigenvalue weighted by atomic mass is 35.5. The lowest BCUT2D eigenvalue weighted by Gasteiger charge is -2.33. The van der Waals surface area contributed by atoms with E-state index in [0.29, 0.717) is 51.8 Å². The predicted octanol–water partition coefficient (Wildman–Crippen LogP) is 5.75. The fourth-order valence-corrected chi connectivity index (χ4v) is 6.88. The van der Waals surface area contributed by atoms with Crippen molar-refractivity contribution in [3.63, 3.8) is 0 Å². The summed E-state index contributed by atoms with van der Waals surface area (Å²) in [6, 6.07) is 22.9. The van der Waals surface area contributed by atoms with E-state index in [9.17, 15) is 13.2 Å². The van der Waals surface area contributed by atoms with Crippen LogP contribution in [0.5, 0.6) is 0 Å². The molecule has 1 amide bonds. The first-order valence-electron chi connectivity index (χ1n) is 13.6. The summed E-state index contributed by atoms with van der Waals surface area (Å²) in [6.07, 6.45) is 4.76. The van der Waals surface area contributed by atoms with Crippen molar-refractivity contribution >= 4 is 50.1 Å². The van der Waals surface area contributed by atoms with Crippen LogP contribution in [0.4, 0.5) is 11.6 Å². The van der Waals surface area contributed by atoms with Crippen molar-refractivity contribution in [2.75, 3.05) is 30.8 Å². The van der Waals surface area contributed by atoms with Crippen LogP contribution in [0, 0.1) is 0 Å². The maximum Gasteiger partial charge on any atom is 0.268 e. The molecule has 0 bridgehead atoms. The van der Waals surface area contributed by atoms with Gasteiger partial charge in [0.05, 0.1) is 27.3 Å². The normalized spacial score (nSPS) is 15.5. The number of anilines is 2. The van der Waals surface area contributed by atoms with Crippen LogP contribution in [0.2, 0.25) is 5.02 Å². The van der Waals surface area contributed by atoms with Gasteiger partial charge in [-0.1, -0.05) is 48.0 Å². The number of nitrogens with one attached hydrogen (secondary N) is 2. The van der Waals surface area contributed by atoms with Crippen LogP contribution in [0.3, 0.4) is 0 Å². The van der Waals surface area contributed by atoms with Gasteiger partial charge in [-0.2, -0.15) is 0 Å². The van der Waals surface area contributed by atoms with E-state index in [-0.39, 0.29) is 16.8 Å². The van der Waals surface area contributed by atoms with Gasteiger partial charge in [-0.25, -0.2) is 22.4 Å². The summed E-state index contributed by atoms with van der Waals surface area (Å²) in [5.74, 6) is 0.337. The fourth-order valence-electron chi connectivity index (χ4n) is 5.29. The average Bonchev–Trinajstić information content (AvgIpc) is 3.43. The Balaban J connectivity index is 1.28. The van der Waals surface area contributed by atoms with Gasteiger partial charge in [-0.15, -0.1) is 0 Å². The third kappa shape index (κ3) is 5.31. The van der Waals surface area contributed by atoms with Crippen molar-refractivity contribution in [2.45, 2.75) is 23.8 Å². The Hall–Kier alpha value is -4.41. The SMILES string of the molecule is CNc1ccc(C(=O)N2CCCC(Nc3ncc(Cl)c(-c4cn(S(=O)(=O)c5ccccc5)c5ccccc45)n3)C2)cc1. The van der Waals surface area contributed by atoms with Gasteiger partial charge < -0.3 is 15.5 Å². The largest absolute Gasteiger partial charge is 0.388 e. The molecule has 42 heavy (non-hydrogen) atoms. The molecule has 5 aromatic rings. The van der Waals surface area contributed by atoms with Crippen LogP contribution in [0.1, 0.15) is 23.2 Å². The zero-order chi connectivity index (χ0) is 29.3. The number of fused-ring (bicyclic) bond motifs is 1. The van der Waals surface area contributed by atoms with Crippen molar-refractivity contribution < 1.29 is 13.2 Å². The number of nitrogens with zero attached hydrogens (tertiary/aromatic N) is 4. The molecule has 214 valence electrons. The lowest BCUT2D eigenvalue weighted by Crippen LogP contribution is -2.45. The maximum absolute atomic E-state index is 13.6. The van der Waals surface area contributed by atoms with Gasteiger partial charge in [-0.3, -0.25) is 4.79 Å². The average molecular weight is 601 g/mol. The Morgan fingerprint density at radius 1 is 1.00 bits per heavy atom. The van der Waals surface area contributed by atoms with Crippen LogP contribution in [-0.4, -0.2) is 59.3 Å². The van der Waals surface area contributed by atoms with Crippen molar-refractivity contribution in [1.29, 1.82) is 0 Å². The van der Waals surface area contributed by atoms with E-state index in [1.165, 1.54) is 10.2 Å². The summed E-state index contributed by atoms with van der Waals surface area (Å²) in [5.41, 5.74) is 3.10. The number of likely N-dealkylation sites (tertiary alicyclic amines) is 1. The number of benzene rings is 3. The van der Waals surface area contributed by atoms with Crippen molar-refractivity contribution in [3.8, 4) is 11.3 Å². The highest BCUT2D eigenvalue weighted by Gasteiger charge is 2.26. The molecule has 6 rings (SSSR count). The summed E-state index contributed by atoms with van der Waals surface area (Å²) in [5, 5.41) is 7.43. The number of para-hydroxylation sites is 1. The summed E-state index contributed by atoms with van der Waals surface area (Å²) >= 11 is 6.60. The molecule has 2 N–H and O–H groups in total. The molecule has 3 aromatic carbocycles. The van der Waals surface area contributed by atoms with Gasteiger partial charge in [0.2, 0.25) is 5.95 Å². The number of halogens is 1. The summed E-state index contributed by atoms with van der Waals surface area (Å²) in [7, 11) is -2.03. The molecule has 9 nitrogen and oxygen atoms in total. The fraction of sp³-hybridized carbons (Fsp3) is 0.194. The molecule has 0 radical (unpaired) electrons. The third-order valence-corrected chi connectivity index (χ3v) is 9.40. The molecule has 1 saturated heterocycles. The molecule has 0 saturated carbocycles. The van der Waals surface area contributed by atoms with Crippen molar-refractivity contribution in [1.82, 2.24) is 18.8 Å². The zero-order valence-corrected chi connectivity index (χ0v) is 24.4. The number of rotatable bonds is 7. The molecule has 0 spiro atoms. The first-order valence-corrected chi connectivity index (χ1v) is 15.4. The van der Waals surface area contributed by atoms with Gasteiger partial charge in [-0.05, 0) is 55.3 Å². The Morgan fingerprint density at radius 3 is 2.50 bits per heavy atom. The molecular formula is C31H29ClN6O3S. The van der Waals surface area contributed by atoms with Crippen molar-refractivity contribution in [2.24, 2.45) is 0 Å². The molecule has 2 aromatic heterocycles. The van der Waals surface area contributed by atoms with Crippen molar-refractivity contribution in [3.05, 3.63) is 102 Å². The molecule has 11 heteroatoms. The molecule has 3 heterocycles. The van der Waals surface area contributed by atoms with E-state index in [4.69, 9.17) is 16.6 Å². The Labute approximate surface area is 249 Å². The Bertz CT molecular complexity index is 1860. The molecule has 1 aliphatic heterocycles. The highest BCUT2D eigenvalue weighted by molar-refractivity contribution is 7.90. The number of carbonyl (C=O) groups excluding carboxylic acids is 1. The van der Waals surface area contributed by atoms with E-state index in [1.807, 2.05) is 48.3 Å². The summed E-state index contributed by atoms with van der Waals surface area (Å²) in [4.78, 5) is 24.3. The number of carbonyl (C=O) groups is 1. The molecular weight excluding hydrogens is 572 g/mol. The first kappa shape index (κ1) is 27.7. The first-order chi connectivity index (χ1) is 20.3. The smallest absolute Gasteiger partial charge is 0.268 e. The van der Waals surface area contributed by atoms with Crippen LogP contribution >= 0.6 is 11.6 Å². The zero-order valence-electron chi connectivity index (χ0n) is 22.9. The van der Waals surface area contributed by atoms with Gasteiger partial charge >= 0.3 is 0 Å². The maximum atomic E-state index is 13.6. The van der Waals surface area contributed by atoms with E-state index in [2.05, 4.69) is 15.6 Å². The standard InChI is InChI=1S/C31H29ClN6O3S/c1-33-22-15-13-21(14-16-22)30(39)37-17-7-8-23(19-37)35-31-34-18-27(32)29(36-31)26-20-38(28-12-6-5-11-25(26)28)42(40,41)24-9-3-2-4-10-24/h2-6,9-16,18,20,23,33H,7-8,17,19H2,1H3,(H,34,35,36). The Kier molecular flexibility index (Phi) is 7.57. The van der Waals surface area contributed by atoms with Crippen LogP contribution in [0.25, 0.3) is 22.2 Å². The van der Waals surface area contributed by atoms with Gasteiger partial charge in [0.25, 0.3) is 15.9 Å². The van der Waals surface area contributed by atoms with Crippen LogP contribution < -0.4 is 10.6 Å². The van der Waals surface area contributed by atoms with E-state index in [0.717, 1.165) is 18.5 Å². The highest BCUT2D eigenvalue weighted by Crippen LogP contribution is 2.36. The van der Waals surface area contributed by atoms with Crippen LogP contribution in [-0.2, 0) is 10.0 Å². The number of hydrogen-bond donors (Lipinski definition) is 2. The molecule has 1 aliphatic rings. The summed E-state index contributed by atoms with van der Waals surface area (Å²) < 4.78 is 28.4. The van der Waals surface area contributed by atoms with E-state index >= 15 is 0 Å². The number of piperidine rings is 1. The second-order valence-corrected chi connectivity index (χ2v) is 12.3. The molecule has 1 atom stereocenters. The summed E-state index contributed by atoms with van der Waals surface area (Å²) in [6.45, 7) is 1.18. The molecule has 1 unspecified atom stereocenters. The lowest BCUT2D eigenvalue weighted by atomic mass is 10.0. The predicted molar refractivity (Wildman–Crippen MR) is 166 cm³/mol. The van der Waals surface area contributed by atoms with Gasteiger partial charge in [0.15, 0.2) is 0 Å². The number of hydrogen-bond acceptors (Lipinski definition) is 7. The van der Waals surface area contributed by atoms with Crippen LogP contribution in [0.15, 0.2) is 96.2 Å². The van der Waals surface area contributed by atoms with E-state index < -0.39 is 10.0 Å². The molecule has 0 aliphatic carbocycles. The molecule has 1 fully saturated rings. The minimum atomic E-state index is -3.87. The monoisotopic (exact) mass is 600 g/mol. The Morgan fingerprint density at radius 2 is 1.74 bits per heavy atom. The lowest BCUT2D eigenvalue weighted by molar-refractivity contribution is 0.0714. The number of aromatic nitrogens is 3. The number of amides is 1. The quantitative estimate of drug-likeness (QED) is 0.245. The van der Waals surface area contributed by atoms with E-state index in [1.54, 1.807) is 48.7 Å². The topological polar surface area (TPSA) is 109 Å². The minimum absolute atomic E-state index is 0.0192. The third-order valence-electron chi connectivity index (χ3n) is 7.44. The minimum Gasteiger partial charge on any atom is -0.388 e.